The molecule has 1 aliphatic rings. The molecular formula is C25H24O5. The van der Waals surface area contributed by atoms with Crippen molar-refractivity contribution in [2.45, 2.75) is 25.0 Å². The first-order valence-corrected chi connectivity index (χ1v) is 10.0. The van der Waals surface area contributed by atoms with E-state index >= 15 is 0 Å². The van der Waals surface area contributed by atoms with E-state index in [1.165, 1.54) is 0 Å². The lowest BCUT2D eigenvalue weighted by molar-refractivity contribution is -0.142. The van der Waals surface area contributed by atoms with Gasteiger partial charge in [-0.15, -0.1) is 0 Å². The maximum absolute atomic E-state index is 12.5. The van der Waals surface area contributed by atoms with E-state index < -0.39 is 24.1 Å². The Morgan fingerprint density at radius 1 is 0.900 bits per heavy atom. The summed E-state index contributed by atoms with van der Waals surface area (Å²) in [6.07, 6.45) is -1.60. The van der Waals surface area contributed by atoms with Gasteiger partial charge in [0.1, 0.15) is 5.75 Å². The van der Waals surface area contributed by atoms with Crippen LogP contribution in [0.2, 0.25) is 0 Å². The number of carboxylic acid groups (broad SMARTS) is 1. The summed E-state index contributed by atoms with van der Waals surface area (Å²) in [6, 6.07) is 22.3. The lowest BCUT2D eigenvalue weighted by Crippen LogP contribution is -2.24. The number of fused-ring (bicyclic) bond motifs is 1. The number of carboxylic acids is 1. The van der Waals surface area contributed by atoms with Crippen molar-refractivity contribution < 1.29 is 24.9 Å². The molecule has 1 aliphatic carbocycles. The van der Waals surface area contributed by atoms with Gasteiger partial charge in [0.15, 0.2) is 6.29 Å². The minimum absolute atomic E-state index is 0.318. The minimum atomic E-state index is -1.60. The second-order valence-electron chi connectivity index (χ2n) is 7.49. The molecule has 5 heteroatoms. The molecule has 0 aromatic heterocycles. The van der Waals surface area contributed by atoms with Crippen molar-refractivity contribution in [3.05, 3.63) is 101 Å². The number of rotatable bonds is 6. The van der Waals surface area contributed by atoms with Crippen LogP contribution in [0.15, 0.2) is 72.8 Å². The third-order valence-electron chi connectivity index (χ3n) is 5.79. The van der Waals surface area contributed by atoms with E-state index in [9.17, 15) is 20.1 Å². The molecule has 3 atom stereocenters. The van der Waals surface area contributed by atoms with E-state index in [1.54, 1.807) is 18.2 Å². The van der Waals surface area contributed by atoms with Crippen LogP contribution in [0.25, 0.3) is 0 Å². The van der Waals surface area contributed by atoms with Crippen molar-refractivity contribution in [2.75, 3.05) is 6.61 Å². The average Bonchev–Trinajstić information content (AvgIpc) is 3.10. The molecule has 0 heterocycles. The zero-order valence-electron chi connectivity index (χ0n) is 16.6. The van der Waals surface area contributed by atoms with Gasteiger partial charge >= 0.3 is 5.97 Å². The van der Waals surface area contributed by atoms with Crippen LogP contribution >= 0.6 is 0 Å². The lowest BCUT2D eigenvalue weighted by Gasteiger charge is -2.23. The highest BCUT2D eigenvalue weighted by molar-refractivity contribution is 5.77. The Morgan fingerprint density at radius 3 is 2.10 bits per heavy atom. The predicted molar refractivity (Wildman–Crippen MR) is 112 cm³/mol. The van der Waals surface area contributed by atoms with Crippen LogP contribution in [0.5, 0.6) is 5.75 Å². The number of aliphatic hydroxyl groups is 2. The zero-order chi connectivity index (χ0) is 21.3. The van der Waals surface area contributed by atoms with Crippen LogP contribution in [0.4, 0.5) is 0 Å². The number of aliphatic carboxylic acids is 1. The van der Waals surface area contributed by atoms with Gasteiger partial charge in [0.2, 0.25) is 0 Å². The zero-order valence-corrected chi connectivity index (χ0v) is 16.6. The molecule has 154 valence electrons. The molecule has 4 rings (SSSR count). The number of ether oxygens (including phenoxy) is 1. The van der Waals surface area contributed by atoms with Crippen LogP contribution in [0.1, 0.15) is 52.9 Å². The Morgan fingerprint density at radius 2 is 1.53 bits per heavy atom. The molecule has 0 fully saturated rings. The molecule has 3 unspecified atom stereocenters. The summed E-state index contributed by atoms with van der Waals surface area (Å²) in [5.41, 5.74) is 3.95. The van der Waals surface area contributed by atoms with Crippen molar-refractivity contribution in [1.82, 2.24) is 0 Å². The molecule has 3 aromatic carbocycles. The van der Waals surface area contributed by atoms with Crippen LogP contribution in [0, 0.1) is 5.92 Å². The van der Waals surface area contributed by atoms with Gasteiger partial charge in [-0.25, -0.2) is 0 Å². The summed E-state index contributed by atoms with van der Waals surface area (Å²) in [5.74, 6) is -1.56. The fourth-order valence-corrected chi connectivity index (χ4v) is 4.57. The molecule has 0 amide bonds. The molecule has 3 aromatic rings. The number of aliphatic hydroxyl groups excluding tert-OH is 1. The van der Waals surface area contributed by atoms with E-state index in [-0.39, 0.29) is 5.92 Å². The number of hydrogen-bond acceptors (Lipinski definition) is 4. The molecule has 0 saturated carbocycles. The summed E-state index contributed by atoms with van der Waals surface area (Å²) >= 11 is 0. The molecular weight excluding hydrogens is 380 g/mol. The molecule has 0 aliphatic heterocycles. The fourth-order valence-electron chi connectivity index (χ4n) is 4.57. The van der Waals surface area contributed by atoms with Crippen molar-refractivity contribution >= 4 is 5.97 Å². The van der Waals surface area contributed by atoms with E-state index in [0.29, 0.717) is 12.2 Å². The molecule has 0 radical (unpaired) electrons. The second-order valence-corrected chi connectivity index (χ2v) is 7.49. The minimum Gasteiger partial charge on any atom is -0.494 e. The van der Waals surface area contributed by atoms with Crippen LogP contribution < -0.4 is 4.74 Å². The monoisotopic (exact) mass is 404 g/mol. The molecule has 5 nitrogen and oxygen atoms in total. The van der Waals surface area contributed by atoms with Crippen molar-refractivity contribution in [3.63, 3.8) is 0 Å². The summed E-state index contributed by atoms with van der Waals surface area (Å²) in [6.45, 7) is 2.49. The highest BCUT2D eigenvalue weighted by atomic mass is 16.5. The third-order valence-corrected chi connectivity index (χ3v) is 5.79. The maximum Gasteiger partial charge on any atom is 0.308 e. The molecule has 0 bridgehead atoms. The normalized spacial score (nSPS) is 20.2. The largest absolute Gasteiger partial charge is 0.494 e. The molecule has 3 N–H and O–H groups in total. The number of carbonyl (C=O) groups is 1. The van der Waals surface area contributed by atoms with E-state index in [4.69, 9.17) is 4.74 Å². The second kappa shape index (κ2) is 8.30. The van der Waals surface area contributed by atoms with Gasteiger partial charge in [-0.05, 0) is 41.3 Å². The van der Waals surface area contributed by atoms with Crippen molar-refractivity contribution in [2.24, 2.45) is 5.92 Å². The molecule has 0 saturated heterocycles. The Balaban J connectivity index is 1.84. The van der Waals surface area contributed by atoms with Gasteiger partial charge in [0, 0.05) is 17.4 Å². The Hall–Kier alpha value is -3.15. The van der Waals surface area contributed by atoms with Crippen LogP contribution in [-0.2, 0) is 4.79 Å². The Bertz CT molecular complexity index is 1040. The summed E-state index contributed by atoms with van der Waals surface area (Å²) in [4.78, 5) is 12.5. The van der Waals surface area contributed by atoms with Crippen LogP contribution in [0.3, 0.4) is 0 Å². The Kier molecular flexibility index (Phi) is 5.57. The topological polar surface area (TPSA) is 87.0 Å². The number of hydrogen-bond donors (Lipinski definition) is 3. The van der Waals surface area contributed by atoms with Gasteiger partial charge in [0.25, 0.3) is 0 Å². The third kappa shape index (κ3) is 3.58. The van der Waals surface area contributed by atoms with Gasteiger partial charge in [-0.3, -0.25) is 4.79 Å². The maximum atomic E-state index is 12.5. The summed E-state index contributed by atoms with van der Waals surface area (Å²) in [7, 11) is 0. The smallest absolute Gasteiger partial charge is 0.308 e. The van der Waals surface area contributed by atoms with E-state index in [1.807, 2.05) is 61.5 Å². The molecule has 30 heavy (non-hydrogen) atoms. The standard InChI is InChI=1S/C25H24O5/c1-2-30-18-12-10-15(11-13-18)21-19-8-3-4-9-20(19)22(23(21)25(28)29)16-6-5-7-17(14-16)24(26)27/h3-14,21-24,26-27H,2H2,1H3,(H,28,29). The Labute approximate surface area is 175 Å². The SMILES string of the molecule is CCOc1ccc(C2c3ccccc3C(c3cccc(C(O)O)c3)C2C(=O)O)cc1. The van der Waals surface area contributed by atoms with Gasteiger partial charge < -0.3 is 20.1 Å². The van der Waals surface area contributed by atoms with Gasteiger partial charge in [-0.2, -0.15) is 0 Å². The van der Waals surface area contributed by atoms with Crippen molar-refractivity contribution in [1.29, 1.82) is 0 Å². The number of benzene rings is 3. The lowest BCUT2D eigenvalue weighted by atomic mass is 9.79. The van der Waals surface area contributed by atoms with Gasteiger partial charge in [0.05, 0.1) is 12.5 Å². The van der Waals surface area contributed by atoms with Gasteiger partial charge in [-0.1, -0.05) is 60.7 Å². The van der Waals surface area contributed by atoms with Crippen molar-refractivity contribution in [3.8, 4) is 5.75 Å². The summed E-state index contributed by atoms with van der Waals surface area (Å²) < 4.78 is 5.53. The fraction of sp³-hybridized carbons (Fsp3) is 0.240. The van der Waals surface area contributed by atoms with Crippen LogP contribution in [-0.4, -0.2) is 27.9 Å². The first kappa shape index (κ1) is 20.1. The average molecular weight is 404 g/mol. The highest BCUT2D eigenvalue weighted by Crippen LogP contribution is 2.52. The van der Waals surface area contributed by atoms with E-state index in [0.717, 1.165) is 28.0 Å². The first-order chi connectivity index (χ1) is 14.5. The predicted octanol–water partition coefficient (Wildman–Crippen LogP) is 4.05. The van der Waals surface area contributed by atoms with E-state index in [2.05, 4.69) is 0 Å². The first-order valence-electron chi connectivity index (χ1n) is 10.0. The molecule has 0 spiro atoms. The summed E-state index contributed by atoms with van der Waals surface area (Å²) in [5, 5.41) is 29.4. The quantitative estimate of drug-likeness (QED) is 0.540. The highest BCUT2D eigenvalue weighted by Gasteiger charge is 2.46.